The molecule has 0 bridgehead atoms. The smallest absolute Gasteiger partial charge is 0.307 e. The third-order valence-electron chi connectivity index (χ3n) is 1.28. The average Bonchev–Trinajstić information content (AvgIpc) is 2.04. The second-order valence-corrected chi connectivity index (χ2v) is 2.36. The van der Waals surface area contributed by atoms with E-state index >= 15 is 0 Å². The highest BCUT2D eigenvalue weighted by Gasteiger charge is 2.02. The molecule has 0 aliphatic rings. The van der Waals surface area contributed by atoms with E-state index in [1.165, 1.54) is 0 Å². The molecule has 0 aromatic rings. The van der Waals surface area contributed by atoms with Crippen LogP contribution in [0, 0.1) is 11.3 Å². The van der Waals surface area contributed by atoms with Crippen LogP contribution in [0.15, 0.2) is 0 Å². The van der Waals surface area contributed by atoms with Crippen LogP contribution in [0.25, 0.3) is 0 Å². The summed E-state index contributed by atoms with van der Waals surface area (Å²) in [6.45, 7) is 4.41. The Kier molecular flexibility index (Phi) is 6.02. The van der Waals surface area contributed by atoms with Crippen LogP contribution in [0.4, 0.5) is 0 Å². The first-order chi connectivity index (χ1) is 5.70. The maximum atomic E-state index is 10.8. The van der Waals surface area contributed by atoms with Crippen molar-refractivity contribution in [3.8, 4) is 6.07 Å². The molecule has 68 valence electrons. The van der Waals surface area contributed by atoms with Gasteiger partial charge in [-0.15, -0.1) is 0 Å². The molecule has 0 aliphatic carbocycles. The SMILES string of the molecule is CCOC(=O)CCNC(C)C#N. The van der Waals surface area contributed by atoms with Gasteiger partial charge in [0.05, 0.1) is 25.1 Å². The number of hydrogen-bond acceptors (Lipinski definition) is 4. The highest BCUT2D eigenvalue weighted by Crippen LogP contribution is 1.85. The lowest BCUT2D eigenvalue weighted by Gasteiger charge is -2.04. The Labute approximate surface area is 72.5 Å². The number of nitrogens with zero attached hydrogens (tertiary/aromatic N) is 1. The van der Waals surface area contributed by atoms with Gasteiger partial charge in [-0.25, -0.2) is 0 Å². The van der Waals surface area contributed by atoms with Crippen LogP contribution in [0.1, 0.15) is 20.3 Å². The molecule has 4 nitrogen and oxygen atoms in total. The van der Waals surface area contributed by atoms with Gasteiger partial charge in [-0.1, -0.05) is 0 Å². The number of ether oxygens (including phenoxy) is 1. The zero-order chi connectivity index (χ0) is 9.40. The fraction of sp³-hybridized carbons (Fsp3) is 0.750. The molecule has 0 amide bonds. The van der Waals surface area contributed by atoms with Crippen LogP contribution in [-0.2, 0) is 9.53 Å². The first-order valence-corrected chi connectivity index (χ1v) is 3.99. The highest BCUT2D eigenvalue weighted by atomic mass is 16.5. The number of rotatable bonds is 5. The van der Waals surface area contributed by atoms with E-state index in [1.807, 2.05) is 6.07 Å². The number of esters is 1. The standard InChI is InChI=1S/C8H14N2O2/c1-3-12-8(11)4-5-10-7(2)6-9/h7,10H,3-5H2,1-2H3. The molecule has 0 radical (unpaired) electrons. The van der Waals surface area contributed by atoms with Gasteiger partial charge in [0.2, 0.25) is 0 Å². The van der Waals surface area contributed by atoms with Crippen LogP contribution in [0.3, 0.4) is 0 Å². The van der Waals surface area contributed by atoms with E-state index in [4.69, 9.17) is 10.00 Å². The number of carbonyl (C=O) groups is 1. The minimum Gasteiger partial charge on any atom is -0.466 e. The van der Waals surface area contributed by atoms with E-state index in [2.05, 4.69) is 5.32 Å². The second kappa shape index (κ2) is 6.62. The number of nitriles is 1. The minimum atomic E-state index is -0.227. The van der Waals surface area contributed by atoms with Crippen molar-refractivity contribution >= 4 is 5.97 Å². The summed E-state index contributed by atoms with van der Waals surface area (Å²) in [7, 11) is 0. The van der Waals surface area contributed by atoms with Gasteiger partial charge in [0.1, 0.15) is 0 Å². The van der Waals surface area contributed by atoms with Crippen molar-refractivity contribution in [3.63, 3.8) is 0 Å². The number of carbonyl (C=O) groups excluding carboxylic acids is 1. The normalized spacial score (nSPS) is 11.8. The van der Waals surface area contributed by atoms with Gasteiger partial charge in [-0.3, -0.25) is 4.79 Å². The lowest BCUT2D eigenvalue weighted by atomic mass is 10.3. The van der Waals surface area contributed by atoms with Crippen molar-refractivity contribution in [2.24, 2.45) is 0 Å². The van der Waals surface area contributed by atoms with Gasteiger partial charge >= 0.3 is 5.97 Å². The van der Waals surface area contributed by atoms with E-state index in [9.17, 15) is 4.79 Å². The molecule has 1 atom stereocenters. The molecule has 4 heteroatoms. The van der Waals surface area contributed by atoms with Crippen molar-refractivity contribution < 1.29 is 9.53 Å². The fourth-order valence-corrected chi connectivity index (χ4v) is 0.670. The number of hydrogen-bond donors (Lipinski definition) is 1. The van der Waals surface area contributed by atoms with E-state index in [1.54, 1.807) is 13.8 Å². The maximum Gasteiger partial charge on any atom is 0.307 e. The van der Waals surface area contributed by atoms with E-state index < -0.39 is 0 Å². The maximum absolute atomic E-state index is 10.8. The lowest BCUT2D eigenvalue weighted by molar-refractivity contribution is -0.142. The Hall–Kier alpha value is -1.08. The van der Waals surface area contributed by atoms with Crippen LogP contribution >= 0.6 is 0 Å². The van der Waals surface area contributed by atoms with E-state index in [-0.39, 0.29) is 12.0 Å². The van der Waals surface area contributed by atoms with Gasteiger partial charge in [-0.05, 0) is 13.8 Å². The summed E-state index contributed by atoms with van der Waals surface area (Å²) in [6, 6.07) is 1.80. The summed E-state index contributed by atoms with van der Waals surface area (Å²) in [5.74, 6) is -0.227. The van der Waals surface area contributed by atoms with Gasteiger partial charge in [-0.2, -0.15) is 5.26 Å². The Morgan fingerprint density at radius 2 is 2.42 bits per heavy atom. The number of nitrogens with one attached hydrogen (secondary N) is 1. The summed E-state index contributed by atoms with van der Waals surface area (Å²) in [5, 5.41) is 11.2. The molecular formula is C8H14N2O2. The molecule has 1 N–H and O–H groups in total. The van der Waals surface area contributed by atoms with Crippen LogP contribution < -0.4 is 5.32 Å². The van der Waals surface area contributed by atoms with Gasteiger partial charge in [0, 0.05) is 6.54 Å². The Balaban J connectivity index is 3.32. The predicted molar refractivity (Wildman–Crippen MR) is 44.3 cm³/mol. The Morgan fingerprint density at radius 3 is 2.92 bits per heavy atom. The van der Waals surface area contributed by atoms with Crippen molar-refractivity contribution in [3.05, 3.63) is 0 Å². The topological polar surface area (TPSA) is 62.1 Å². The monoisotopic (exact) mass is 170 g/mol. The quantitative estimate of drug-likeness (QED) is 0.608. The first kappa shape index (κ1) is 10.9. The fourth-order valence-electron chi connectivity index (χ4n) is 0.670. The summed E-state index contributed by atoms with van der Waals surface area (Å²) in [6.07, 6.45) is 0.319. The molecule has 1 unspecified atom stereocenters. The third-order valence-corrected chi connectivity index (χ3v) is 1.28. The lowest BCUT2D eigenvalue weighted by Crippen LogP contribution is -2.27. The molecule has 0 spiro atoms. The minimum absolute atomic E-state index is 0.209. The molecule has 0 heterocycles. The Morgan fingerprint density at radius 1 is 1.75 bits per heavy atom. The molecule has 0 fully saturated rings. The van der Waals surface area contributed by atoms with Gasteiger partial charge < -0.3 is 10.1 Å². The zero-order valence-corrected chi connectivity index (χ0v) is 7.46. The van der Waals surface area contributed by atoms with Crippen molar-refractivity contribution in [1.29, 1.82) is 5.26 Å². The zero-order valence-electron chi connectivity index (χ0n) is 7.46. The summed E-state index contributed by atoms with van der Waals surface area (Å²) in [4.78, 5) is 10.8. The van der Waals surface area contributed by atoms with Crippen LogP contribution in [0.2, 0.25) is 0 Å². The molecule has 0 saturated carbocycles. The summed E-state index contributed by atoms with van der Waals surface area (Å²) >= 11 is 0. The predicted octanol–water partition coefficient (Wildman–Crippen LogP) is 0.441. The molecule has 0 aromatic heterocycles. The van der Waals surface area contributed by atoms with Crippen LogP contribution in [-0.4, -0.2) is 25.2 Å². The van der Waals surface area contributed by atoms with E-state index in [0.717, 1.165) is 0 Å². The average molecular weight is 170 g/mol. The first-order valence-electron chi connectivity index (χ1n) is 3.99. The van der Waals surface area contributed by atoms with E-state index in [0.29, 0.717) is 19.6 Å². The highest BCUT2D eigenvalue weighted by molar-refractivity contribution is 5.69. The molecular weight excluding hydrogens is 156 g/mol. The molecule has 0 rings (SSSR count). The largest absolute Gasteiger partial charge is 0.466 e. The molecule has 0 aromatic carbocycles. The van der Waals surface area contributed by atoms with Crippen molar-refractivity contribution in [1.82, 2.24) is 5.32 Å². The third kappa shape index (κ3) is 5.69. The second-order valence-electron chi connectivity index (χ2n) is 2.36. The van der Waals surface area contributed by atoms with Gasteiger partial charge in [0.25, 0.3) is 0 Å². The molecule has 0 aliphatic heterocycles. The summed E-state index contributed by atoms with van der Waals surface area (Å²) < 4.78 is 4.70. The Bertz CT molecular complexity index is 174. The molecule has 0 saturated heterocycles. The van der Waals surface area contributed by atoms with Crippen molar-refractivity contribution in [2.75, 3.05) is 13.2 Å². The van der Waals surface area contributed by atoms with Crippen molar-refractivity contribution in [2.45, 2.75) is 26.3 Å². The summed E-state index contributed by atoms with van der Waals surface area (Å²) in [5.41, 5.74) is 0. The molecule has 12 heavy (non-hydrogen) atoms. The van der Waals surface area contributed by atoms with Crippen LogP contribution in [0.5, 0.6) is 0 Å². The van der Waals surface area contributed by atoms with Gasteiger partial charge in [0.15, 0.2) is 0 Å².